The van der Waals surface area contributed by atoms with Crippen LogP contribution in [0.2, 0.25) is 0 Å². The van der Waals surface area contributed by atoms with Gasteiger partial charge in [-0.25, -0.2) is 8.42 Å². The Morgan fingerprint density at radius 1 is 1.10 bits per heavy atom. The molecule has 1 aliphatic heterocycles. The van der Waals surface area contributed by atoms with Crippen LogP contribution in [-0.4, -0.2) is 25.8 Å². The second-order valence-electron chi connectivity index (χ2n) is 6.46. The number of rotatable bonds is 2. The normalized spacial score (nSPS) is 27.0. The second kappa shape index (κ2) is 5.25. The zero-order valence-electron chi connectivity index (χ0n) is 12.8. The summed E-state index contributed by atoms with van der Waals surface area (Å²) in [5.41, 5.74) is 2.56. The van der Waals surface area contributed by atoms with E-state index in [1.54, 1.807) is 16.4 Å². The quantitative estimate of drug-likeness (QED) is 0.784. The number of hydrogen-bond acceptors (Lipinski definition) is 2. The molecule has 1 fully saturated rings. The topological polar surface area (TPSA) is 37.4 Å². The molecule has 0 N–H and O–H groups in total. The predicted octanol–water partition coefficient (Wildman–Crippen LogP) is 3.51. The lowest BCUT2D eigenvalue weighted by atomic mass is 9.76. The largest absolute Gasteiger partial charge is 0.243 e. The van der Waals surface area contributed by atoms with Gasteiger partial charge in [-0.05, 0) is 51.7 Å². The summed E-state index contributed by atoms with van der Waals surface area (Å²) in [7, 11) is -3.36. The van der Waals surface area contributed by atoms with Gasteiger partial charge in [0.1, 0.15) is 0 Å². The number of hydrogen-bond donors (Lipinski definition) is 0. The molecule has 1 atom stereocenters. The molecular weight excluding hydrogens is 282 g/mol. The Morgan fingerprint density at radius 3 is 2.43 bits per heavy atom. The van der Waals surface area contributed by atoms with E-state index in [2.05, 4.69) is 13.0 Å². The number of nitrogens with zero attached hydrogens (tertiary/aromatic N) is 1. The van der Waals surface area contributed by atoms with Crippen LogP contribution >= 0.6 is 0 Å². The van der Waals surface area contributed by atoms with Crippen molar-refractivity contribution < 1.29 is 8.42 Å². The van der Waals surface area contributed by atoms with Crippen molar-refractivity contribution in [3.63, 3.8) is 0 Å². The average Bonchev–Trinajstić information content (AvgIpc) is 2.80. The fourth-order valence-electron chi connectivity index (χ4n) is 3.66. The van der Waals surface area contributed by atoms with Crippen LogP contribution in [0.5, 0.6) is 0 Å². The maximum Gasteiger partial charge on any atom is 0.243 e. The summed E-state index contributed by atoms with van der Waals surface area (Å²) in [5.74, 6) is 0. The van der Waals surface area contributed by atoms with Gasteiger partial charge in [-0.1, -0.05) is 29.3 Å². The lowest BCUT2D eigenvalue weighted by molar-refractivity contribution is 0.183. The third-order valence-corrected chi connectivity index (χ3v) is 6.97. The highest BCUT2D eigenvalue weighted by atomic mass is 32.2. The van der Waals surface area contributed by atoms with Gasteiger partial charge in [0.05, 0.1) is 4.90 Å². The van der Waals surface area contributed by atoms with Crippen LogP contribution in [0.15, 0.2) is 40.8 Å². The van der Waals surface area contributed by atoms with Crippen molar-refractivity contribution in [1.82, 2.24) is 4.31 Å². The average molecular weight is 305 g/mol. The van der Waals surface area contributed by atoms with E-state index in [0.29, 0.717) is 18.0 Å². The highest BCUT2D eigenvalue weighted by molar-refractivity contribution is 7.89. The van der Waals surface area contributed by atoms with Crippen molar-refractivity contribution in [1.29, 1.82) is 0 Å². The SMILES string of the molecule is CC1=CCCC12CCCN(S(=O)(=O)c1ccc(C)cc1)C2. The van der Waals surface area contributed by atoms with Gasteiger partial charge in [0.25, 0.3) is 0 Å². The smallest absolute Gasteiger partial charge is 0.207 e. The minimum atomic E-state index is -3.36. The van der Waals surface area contributed by atoms with E-state index in [1.165, 1.54) is 5.57 Å². The number of benzene rings is 1. The van der Waals surface area contributed by atoms with E-state index in [0.717, 1.165) is 31.2 Å². The molecule has 4 heteroatoms. The first-order valence-electron chi connectivity index (χ1n) is 7.68. The zero-order chi connectivity index (χ0) is 15.1. The highest BCUT2D eigenvalue weighted by Gasteiger charge is 2.42. The summed E-state index contributed by atoms with van der Waals surface area (Å²) in [6, 6.07) is 7.19. The molecule has 0 bridgehead atoms. The van der Waals surface area contributed by atoms with E-state index < -0.39 is 10.0 Å². The van der Waals surface area contributed by atoms with Crippen molar-refractivity contribution in [2.75, 3.05) is 13.1 Å². The first-order valence-corrected chi connectivity index (χ1v) is 9.12. The molecule has 0 aromatic heterocycles. The first-order chi connectivity index (χ1) is 9.94. The summed E-state index contributed by atoms with van der Waals surface area (Å²) in [6.07, 6.45) is 6.54. The molecule has 0 saturated carbocycles. The Bertz CT molecular complexity index is 661. The van der Waals surface area contributed by atoms with Gasteiger partial charge in [-0.2, -0.15) is 4.31 Å². The molecule has 1 unspecified atom stereocenters. The molecular formula is C17H23NO2S. The Kier molecular flexibility index (Phi) is 3.70. The second-order valence-corrected chi connectivity index (χ2v) is 8.40. The summed E-state index contributed by atoms with van der Waals surface area (Å²) in [6.45, 7) is 5.42. The first kappa shape index (κ1) is 14.8. The monoisotopic (exact) mass is 305 g/mol. The van der Waals surface area contributed by atoms with Crippen LogP contribution in [-0.2, 0) is 10.0 Å². The maximum atomic E-state index is 12.9. The summed E-state index contributed by atoms with van der Waals surface area (Å²) in [5, 5.41) is 0. The molecule has 0 amide bonds. The maximum absolute atomic E-state index is 12.9. The molecule has 1 heterocycles. The Balaban J connectivity index is 1.89. The van der Waals surface area contributed by atoms with Gasteiger partial charge < -0.3 is 0 Å². The molecule has 114 valence electrons. The molecule has 1 aliphatic carbocycles. The van der Waals surface area contributed by atoms with E-state index in [-0.39, 0.29) is 5.41 Å². The minimum absolute atomic E-state index is 0.0933. The molecule has 1 spiro atoms. The van der Waals surface area contributed by atoms with E-state index in [4.69, 9.17) is 0 Å². The summed E-state index contributed by atoms with van der Waals surface area (Å²) in [4.78, 5) is 0.421. The highest BCUT2D eigenvalue weighted by Crippen LogP contribution is 2.46. The standard InChI is InChI=1S/C17H23NO2S/c1-14-6-8-16(9-7-14)21(19,20)18-12-4-11-17(13-18)10-3-5-15(17)2/h5-9H,3-4,10-13H2,1-2H3. The van der Waals surface area contributed by atoms with Gasteiger partial charge in [0.2, 0.25) is 10.0 Å². The van der Waals surface area contributed by atoms with Gasteiger partial charge >= 0.3 is 0 Å². The van der Waals surface area contributed by atoms with Crippen molar-refractivity contribution >= 4 is 10.0 Å². The molecule has 3 rings (SSSR count). The van der Waals surface area contributed by atoms with Crippen molar-refractivity contribution in [2.24, 2.45) is 5.41 Å². The van der Waals surface area contributed by atoms with E-state index in [9.17, 15) is 8.42 Å². The Morgan fingerprint density at radius 2 is 1.81 bits per heavy atom. The van der Waals surface area contributed by atoms with Crippen LogP contribution in [0.3, 0.4) is 0 Å². The molecule has 1 saturated heterocycles. The van der Waals surface area contributed by atoms with Crippen molar-refractivity contribution in [2.45, 2.75) is 44.4 Å². The third-order valence-electron chi connectivity index (χ3n) is 5.11. The summed E-state index contributed by atoms with van der Waals surface area (Å²) < 4.78 is 27.4. The van der Waals surface area contributed by atoms with Gasteiger partial charge in [-0.3, -0.25) is 0 Å². The van der Waals surface area contributed by atoms with Gasteiger partial charge in [0.15, 0.2) is 0 Å². The van der Waals surface area contributed by atoms with E-state index >= 15 is 0 Å². The van der Waals surface area contributed by atoms with Crippen LogP contribution < -0.4 is 0 Å². The minimum Gasteiger partial charge on any atom is -0.207 e. The predicted molar refractivity (Wildman–Crippen MR) is 84.6 cm³/mol. The third kappa shape index (κ3) is 2.55. The van der Waals surface area contributed by atoms with Crippen LogP contribution in [0.4, 0.5) is 0 Å². The van der Waals surface area contributed by atoms with Gasteiger partial charge in [0, 0.05) is 18.5 Å². The lowest BCUT2D eigenvalue weighted by Crippen LogP contribution is -2.45. The molecule has 21 heavy (non-hydrogen) atoms. The van der Waals surface area contributed by atoms with E-state index in [1.807, 2.05) is 19.1 Å². The van der Waals surface area contributed by atoms with Crippen molar-refractivity contribution in [3.05, 3.63) is 41.5 Å². The van der Waals surface area contributed by atoms with Crippen molar-refractivity contribution in [3.8, 4) is 0 Å². The number of sulfonamides is 1. The van der Waals surface area contributed by atoms with Crippen LogP contribution in [0.1, 0.15) is 38.2 Å². The fourth-order valence-corrected chi connectivity index (χ4v) is 5.22. The Labute approximate surface area is 127 Å². The summed E-state index contributed by atoms with van der Waals surface area (Å²) >= 11 is 0. The number of aryl methyl sites for hydroxylation is 1. The van der Waals surface area contributed by atoms with Crippen LogP contribution in [0.25, 0.3) is 0 Å². The molecule has 1 aromatic rings. The van der Waals surface area contributed by atoms with Crippen LogP contribution in [0, 0.1) is 12.3 Å². The Hall–Kier alpha value is -1.13. The lowest BCUT2D eigenvalue weighted by Gasteiger charge is -2.41. The molecule has 2 aliphatic rings. The molecule has 1 aromatic carbocycles. The number of allylic oxidation sites excluding steroid dienone is 1. The fraction of sp³-hybridized carbons (Fsp3) is 0.529. The molecule has 0 radical (unpaired) electrons. The number of piperidine rings is 1. The molecule has 3 nitrogen and oxygen atoms in total. The van der Waals surface area contributed by atoms with Gasteiger partial charge in [-0.15, -0.1) is 0 Å². The zero-order valence-corrected chi connectivity index (χ0v) is 13.6.